The first-order valence-electron chi connectivity index (χ1n) is 5.79. The predicted octanol–water partition coefficient (Wildman–Crippen LogP) is 2.76. The average Bonchev–Trinajstić information content (AvgIpc) is 2.59. The van der Waals surface area contributed by atoms with Crippen LogP contribution in [0.15, 0.2) is 30.5 Å². The van der Waals surface area contributed by atoms with E-state index < -0.39 is 0 Å². The van der Waals surface area contributed by atoms with E-state index in [0.29, 0.717) is 0 Å². The van der Waals surface area contributed by atoms with Gasteiger partial charge < -0.3 is 10.3 Å². The molecule has 0 radical (unpaired) electrons. The van der Waals surface area contributed by atoms with E-state index in [0.717, 1.165) is 6.42 Å². The Morgan fingerprint density at radius 2 is 1.88 bits per heavy atom. The predicted molar refractivity (Wildman–Crippen MR) is 67.2 cm³/mol. The number of para-hydroxylation sites is 1. The number of nitrogens with two attached hydrogens (primary N) is 1. The van der Waals surface area contributed by atoms with Gasteiger partial charge in [-0.25, -0.2) is 0 Å². The molecule has 0 spiro atoms. The van der Waals surface area contributed by atoms with Gasteiger partial charge in [0.15, 0.2) is 0 Å². The molecule has 0 aliphatic heterocycles. The van der Waals surface area contributed by atoms with E-state index in [4.69, 9.17) is 5.73 Å². The molecule has 1 atom stereocenters. The van der Waals surface area contributed by atoms with E-state index in [9.17, 15) is 0 Å². The Morgan fingerprint density at radius 1 is 1.25 bits per heavy atom. The molecule has 1 aliphatic rings. The molecule has 1 saturated carbocycles. The highest BCUT2D eigenvalue weighted by atomic mass is 15.0. The summed E-state index contributed by atoms with van der Waals surface area (Å²) in [7, 11) is 2.09. The zero-order chi connectivity index (χ0) is 11.6. The van der Waals surface area contributed by atoms with Gasteiger partial charge in [-0.3, -0.25) is 0 Å². The molecule has 1 aromatic carbocycles. The standard InChI is InChI=1S/C14H18N2/c1-13(2)9-14(13,15)11-8-16(3)12-7-5-4-6-10(11)12/h4-8H,9,15H2,1-3H3. The van der Waals surface area contributed by atoms with Crippen molar-refractivity contribution >= 4 is 10.9 Å². The Kier molecular flexibility index (Phi) is 1.67. The summed E-state index contributed by atoms with van der Waals surface area (Å²) in [5.74, 6) is 0. The zero-order valence-electron chi connectivity index (χ0n) is 10.1. The van der Waals surface area contributed by atoms with Gasteiger partial charge in [-0.2, -0.15) is 0 Å². The van der Waals surface area contributed by atoms with Crippen LogP contribution in [0.4, 0.5) is 0 Å². The van der Waals surface area contributed by atoms with Crippen LogP contribution < -0.4 is 5.73 Å². The molecule has 0 amide bonds. The lowest BCUT2D eigenvalue weighted by Gasteiger charge is -2.14. The summed E-state index contributed by atoms with van der Waals surface area (Å²) < 4.78 is 2.17. The summed E-state index contributed by atoms with van der Waals surface area (Å²) in [6.45, 7) is 4.49. The van der Waals surface area contributed by atoms with E-state index in [1.807, 2.05) is 0 Å². The van der Waals surface area contributed by atoms with Crippen LogP contribution in [-0.2, 0) is 12.6 Å². The number of hydrogen-bond acceptors (Lipinski definition) is 1. The largest absolute Gasteiger partial charge is 0.350 e. The average molecular weight is 214 g/mol. The summed E-state index contributed by atoms with van der Waals surface area (Å²) in [5.41, 5.74) is 9.18. The third-order valence-corrected chi connectivity index (χ3v) is 4.18. The van der Waals surface area contributed by atoms with Crippen LogP contribution in [0.25, 0.3) is 10.9 Å². The molecule has 1 heterocycles. The molecule has 2 heteroatoms. The SMILES string of the molecule is Cn1cc(C2(N)CC2(C)C)c2ccccc21. The van der Waals surface area contributed by atoms with Crippen molar-refractivity contribution < 1.29 is 0 Å². The second kappa shape index (κ2) is 2.69. The molecule has 2 nitrogen and oxygen atoms in total. The number of nitrogens with zero attached hydrogens (tertiary/aromatic N) is 1. The molecule has 1 fully saturated rings. The Morgan fingerprint density at radius 3 is 2.50 bits per heavy atom. The van der Waals surface area contributed by atoms with Gasteiger partial charge in [0.25, 0.3) is 0 Å². The first kappa shape index (κ1) is 9.91. The fourth-order valence-electron chi connectivity index (χ4n) is 2.81. The van der Waals surface area contributed by atoms with Gasteiger partial charge in [0.2, 0.25) is 0 Å². The Balaban J connectivity index is 2.27. The van der Waals surface area contributed by atoms with Crippen molar-refractivity contribution in [2.75, 3.05) is 0 Å². The van der Waals surface area contributed by atoms with Crippen molar-refractivity contribution in [3.63, 3.8) is 0 Å². The fraction of sp³-hybridized carbons (Fsp3) is 0.429. The lowest BCUT2D eigenvalue weighted by molar-refractivity contribution is 0.512. The van der Waals surface area contributed by atoms with Gasteiger partial charge in [0.05, 0.1) is 0 Å². The smallest absolute Gasteiger partial charge is 0.0489 e. The van der Waals surface area contributed by atoms with E-state index in [1.54, 1.807) is 0 Å². The van der Waals surface area contributed by atoms with Crippen molar-refractivity contribution in [2.45, 2.75) is 25.8 Å². The minimum Gasteiger partial charge on any atom is -0.350 e. The topological polar surface area (TPSA) is 30.9 Å². The van der Waals surface area contributed by atoms with E-state index in [2.05, 4.69) is 55.9 Å². The van der Waals surface area contributed by atoms with E-state index >= 15 is 0 Å². The third-order valence-electron chi connectivity index (χ3n) is 4.18. The van der Waals surface area contributed by atoms with Gasteiger partial charge >= 0.3 is 0 Å². The summed E-state index contributed by atoms with van der Waals surface area (Å²) in [6, 6.07) is 8.49. The van der Waals surface area contributed by atoms with Crippen LogP contribution in [0.3, 0.4) is 0 Å². The molecule has 3 rings (SSSR count). The van der Waals surface area contributed by atoms with Crippen molar-refractivity contribution in [2.24, 2.45) is 18.2 Å². The highest BCUT2D eigenvalue weighted by Gasteiger charge is 2.60. The summed E-state index contributed by atoms with van der Waals surface area (Å²) in [5, 5.41) is 1.30. The number of rotatable bonds is 1. The zero-order valence-corrected chi connectivity index (χ0v) is 10.1. The van der Waals surface area contributed by atoms with Gasteiger partial charge in [0.1, 0.15) is 0 Å². The lowest BCUT2D eigenvalue weighted by Crippen LogP contribution is -2.25. The van der Waals surface area contributed by atoms with E-state index in [-0.39, 0.29) is 11.0 Å². The first-order valence-corrected chi connectivity index (χ1v) is 5.79. The number of fused-ring (bicyclic) bond motifs is 1. The number of aryl methyl sites for hydroxylation is 1. The summed E-state index contributed by atoms with van der Waals surface area (Å²) in [6.07, 6.45) is 3.27. The number of aromatic nitrogens is 1. The molecule has 1 unspecified atom stereocenters. The molecule has 2 N–H and O–H groups in total. The maximum absolute atomic E-state index is 6.51. The third kappa shape index (κ3) is 1.05. The monoisotopic (exact) mass is 214 g/mol. The Labute approximate surface area is 96.1 Å². The van der Waals surface area contributed by atoms with Crippen LogP contribution in [0.2, 0.25) is 0 Å². The van der Waals surface area contributed by atoms with Crippen molar-refractivity contribution in [3.05, 3.63) is 36.0 Å². The summed E-state index contributed by atoms with van der Waals surface area (Å²) >= 11 is 0. The molecule has 0 bridgehead atoms. The molecule has 1 aromatic heterocycles. The molecule has 2 aromatic rings. The van der Waals surface area contributed by atoms with E-state index in [1.165, 1.54) is 16.5 Å². The quantitative estimate of drug-likeness (QED) is 0.777. The minimum atomic E-state index is -0.131. The number of benzene rings is 1. The van der Waals surface area contributed by atoms with Crippen LogP contribution in [-0.4, -0.2) is 4.57 Å². The van der Waals surface area contributed by atoms with Crippen LogP contribution in [0.5, 0.6) is 0 Å². The highest BCUT2D eigenvalue weighted by Crippen LogP contribution is 2.61. The second-order valence-electron chi connectivity index (χ2n) is 5.70. The summed E-state index contributed by atoms with van der Waals surface area (Å²) in [4.78, 5) is 0. The number of hydrogen-bond donors (Lipinski definition) is 1. The second-order valence-corrected chi connectivity index (χ2v) is 5.70. The van der Waals surface area contributed by atoms with Crippen LogP contribution in [0.1, 0.15) is 25.8 Å². The highest BCUT2D eigenvalue weighted by molar-refractivity contribution is 5.85. The first-order chi connectivity index (χ1) is 7.46. The molecule has 84 valence electrons. The van der Waals surface area contributed by atoms with Crippen LogP contribution >= 0.6 is 0 Å². The molecule has 1 aliphatic carbocycles. The maximum atomic E-state index is 6.51. The Hall–Kier alpha value is -1.28. The Bertz CT molecular complexity index is 565. The van der Waals surface area contributed by atoms with Crippen molar-refractivity contribution in [1.82, 2.24) is 4.57 Å². The fourth-order valence-corrected chi connectivity index (χ4v) is 2.81. The van der Waals surface area contributed by atoms with Crippen molar-refractivity contribution in [3.8, 4) is 0 Å². The normalized spacial score (nSPS) is 27.2. The van der Waals surface area contributed by atoms with Crippen molar-refractivity contribution in [1.29, 1.82) is 0 Å². The molecule has 16 heavy (non-hydrogen) atoms. The minimum absolute atomic E-state index is 0.131. The molecular formula is C14H18N2. The van der Waals surface area contributed by atoms with Gasteiger partial charge in [-0.15, -0.1) is 0 Å². The van der Waals surface area contributed by atoms with Gasteiger partial charge in [-0.05, 0) is 23.5 Å². The van der Waals surface area contributed by atoms with Crippen LogP contribution in [0, 0.1) is 5.41 Å². The van der Waals surface area contributed by atoms with Gasteiger partial charge in [-0.1, -0.05) is 32.0 Å². The molecule has 0 saturated heterocycles. The lowest BCUT2D eigenvalue weighted by atomic mass is 9.97. The maximum Gasteiger partial charge on any atom is 0.0489 e. The van der Waals surface area contributed by atoms with Gasteiger partial charge in [0, 0.05) is 29.7 Å². The molecular weight excluding hydrogens is 196 g/mol.